The minimum absolute atomic E-state index is 0.266. The maximum atomic E-state index is 13.7. The maximum absolute atomic E-state index is 13.7. The fourth-order valence-corrected chi connectivity index (χ4v) is 4.19. The maximum Gasteiger partial charge on any atom is 0.165 e. The van der Waals surface area contributed by atoms with Crippen LogP contribution in [0, 0.1) is 5.82 Å². The molecule has 120 valence electrons. The van der Waals surface area contributed by atoms with Gasteiger partial charge in [-0.1, -0.05) is 17.8 Å². The zero-order valence-electron chi connectivity index (χ0n) is 12.8. The van der Waals surface area contributed by atoms with Crippen molar-refractivity contribution in [3.8, 4) is 11.5 Å². The van der Waals surface area contributed by atoms with Gasteiger partial charge in [-0.05, 0) is 42.8 Å². The van der Waals surface area contributed by atoms with E-state index in [9.17, 15) is 4.39 Å². The number of ether oxygens (including phenoxy) is 2. The van der Waals surface area contributed by atoms with E-state index in [2.05, 4.69) is 4.98 Å². The molecule has 3 rings (SSSR count). The van der Waals surface area contributed by atoms with E-state index in [0.29, 0.717) is 12.4 Å². The molecule has 3 nitrogen and oxygen atoms in total. The predicted octanol–water partition coefficient (Wildman–Crippen LogP) is 5.14. The molecule has 0 aliphatic rings. The number of thioether (sulfide) groups is 1. The number of hydrogen-bond acceptors (Lipinski definition) is 5. The number of thiazole rings is 1. The number of aromatic nitrogens is 1. The lowest BCUT2D eigenvalue weighted by Crippen LogP contribution is -1.90. The van der Waals surface area contributed by atoms with Crippen molar-refractivity contribution in [2.45, 2.75) is 17.0 Å². The first kappa shape index (κ1) is 16.1. The van der Waals surface area contributed by atoms with Gasteiger partial charge in [0.1, 0.15) is 5.75 Å². The summed E-state index contributed by atoms with van der Waals surface area (Å²) >= 11 is 3.22. The third-order valence-electron chi connectivity index (χ3n) is 3.23. The van der Waals surface area contributed by atoms with Crippen LogP contribution in [-0.2, 0) is 5.75 Å². The van der Waals surface area contributed by atoms with E-state index in [-0.39, 0.29) is 11.6 Å². The summed E-state index contributed by atoms with van der Waals surface area (Å²) < 4.78 is 26.2. The second-order valence-corrected chi connectivity index (χ2v) is 7.05. The summed E-state index contributed by atoms with van der Waals surface area (Å²) in [5.74, 6) is 1.45. The molecule has 0 amide bonds. The number of rotatable bonds is 6. The predicted molar refractivity (Wildman–Crippen MR) is 93.3 cm³/mol. The van der Waals surface area contributed by atoms with Crippen LogP contribution < -0.4 is 9.47 Å². The molecule has 0 spiro atoms. The van der Waals surface area contributed by atoms with Crippen LogP contribution in [0.15, 0.2) is 40.7 Å². The minimum atomic E-state index is -0.337. The van der Waals surface area contributed by atoms with Crippen LogP contribution in [0.2, 0.25) is 0 Å². The number of nitrogens with zero attached hydrogens (tertiary/aromatic N) is 1. The average Bonchev–Trinajstić information content (AvgIpc) is 2.95. The second-order valence-electron chi connectivity index (χ2n) is 4.80. The molecule has 3 aromatic rings. The van der Waals surface area contributed by atoms with E-state index in [0.717, 1.165) is 25.9 Å². The molecule has 0 aliphatic carbocycles. The lowest BCUT2D eigenvalue weighted by molar-refractivity contribution is 0.341. The quantitative estimate of drug-likeness (QED) is 0.577. The van der Waals surface area contributed by atoms with Gasteiger partial charge in [0.2, 0.25) is 0 Å². The van der Waals surface area contributed by atoms with Gasteiger partial charge in [0.05, 0.1) is 23.9 Å². The third kappa shape index (κ3) is 3.76. The van der Waals surface area contributed by atoms with Crippen molar-refractivity contribution < 1.29 is 13.9 Å². The van der Waals surface area contributed by atoms with Crippen LogP contribution in [0.25, 0.3) is 10.2 Å². The molecule has 0 saturated heterocycles. The minimum Gasteiger partial charge on any atom is -0.494 e. The van der Waals surface area contributed by atoms with Gasteiger partial charge in [-0.25, -0.2) is 9.37 Å². The number of fused-ring (bicyclic) bond motifs is 1. The molecule has 0 saturated carbocycles. The van der Waals surface area contributed by atoms with E-state index in [1.807, 2.05) is 31.2 Å². The van der Waals surface area contributed by atoms with Crippen LogP contribution in [0.1, 0.15) is 12.5 Å². The van der Waals surface area contributed by atoms with E-state index >= 15 is 0 Å². The summed E-state index contributed by atoms with van der Waals surface area (Å²) in [5, 5.41) is 0. The van der Waals surface area contributed by atoms with Gasteiger partial charge in [-0.15, -0.1) is 11.3 Å². The lowest BCUT2D eigenvalue weighted by Gasteiger charge is -2.04. The summed E-state index contributed by atoms with van der Waals surface area (Å²) in [4.78, 5) is 4.59. The van der Waals surface area contributed by atoms with Crippen LogP contribution in [-0.4, -0.2) is 18.7 Å². The van der Waals surface area contributed by atoms with Crippen molar-refractivity contribution in [3.63, 3.8) is 0 Å². The first-order chi connectivity index (χ1) is 11.2. The fraction of sp³-hybridized carbons (Fsp3) is 0.235. The van der Waals surface area contributed by atoms with Gasteiger partial charge < -0.3 is 9.47 Å². The first-order valence-corrected chi connectivity index (χ1v) is 8.98. The SMILES string of the molecule is CCOc1ccc2nc(SCc3ccc(OC)c(F)c3)sc2c1. The summed E-state index contributed by atoms with van der Waals surface area (Å²) in [5.41, 5.74) is 1.87. The van der Waals surface area contributed by atoms with Gasteiger partial charge in [-0.2, -0.15) is 0 Å². The summed E-state index contributed by atoms with van der Waals surface area (Å²) in [7, 11) is 1.46. The average molecular weight is 349 g/mol. The Hall–Kier alpha value is -1.79. The monoisotopic (exact) mass is 349 g/mol. The van der Waals surface area contributed by atoms with Gasteiger partial charge >= 0.3 is 0 Å². The molecule has 0 N–H and O–H groups in total. The molecular weight excluding hydrogens is 333 g/mol. The Balaban J connectivity index is 1.72. The van der Waals surface area contributed by atoms with Crippen molar-refractivity contribution in [2.75, 3.05) is 13.7 Å². The van der Waals surface area contributed by atoms with Crippen molar-refractivity contribution in [3.05, 3.63) is 47.8 Å². The highest BCUT2D eigenvalue weighted by atomic mass is 32.2. The van der Waals surface area contributed by atoms with Gasteiger partial charge in [-0.3, -0.25) is 0 Å². The van der Waals surface area contributed by atoms with E-state index in [4.69, 9.17) is 9.47 Å². The zero-order chi connectivity index (χ0) is 16.2. The largest absolute Gasteiger partial charge is 0.494 e. The van der Waals surface area contributed by atoms with E-state index < -0.39 is 0 Å². The Labute approximate surface area is 142 Å². The number of hydrogen-bond donors (Lipinski definition) is 0. The van der Waals surface area contributed by atoms with Crippen LogP contribution in [0.5, 0.6) is 11.5 Å². The molecule has 2 aromatic carbocycles. The number of benzene rings is 2. The van der Waals surface area contributed by atoms with Crippen LogP contribution in [0.4, 0.5) is 4.39 Å². The van der Waals surface area contributed by atoms with E-state index in [1.165, 1.54) is 13.2 Å². The molecule has 0 radical (unpaired) electrons. The second kappa shape index (κ2) is 7.19. The Bertz CT molecular complexity index is 819. The molecule has 1 heterocycles. The van der Waals surface area contributed by atoms with Crippen LogP contribution in [0.3, 0.4) is 0 Å². The van der Waals surface area contributed by atoms with Crippen LogP contribution >= 0.6 is 23.1 Å². The first-order valence-electron chi connectivity index (χ1n) is 7.18. The Morgan fingerprint density at radius 3 is 2.83 bits per heavy atom. The molecule has 0 aliphatic heterocycles. The van der Waals surface area contributed by atoms with Gasteiger partial charge in [0.15, 0.2) is 15.9 Å². The lowest BCUT2D eigenvalue weighted by atomic mass is 10.2. The highest BCUT2D eigenvalue weighted by Gasteiger charge is 2.08. The van der Waals surface area contributed by atoms with E-state index in [1.54, 1.807) is 29.2 Å². The molecule has 0 atom stereocenters. The van der Waals surface area contributed by atoms with Gasteiger partial charge in [0.25, 0.3) is 0 Å². The molecule has 0 unspecified atom stereocenters. The normalized spacial score (nSPS) is 10.9. The Kier molecular flexibility index (Phi) is 5.03. The summed E-state index contributed by atoms with van der Waals surface area (Å²) in [6, 6.07) is 10.9. The molecule has 23 heavy (non-hydrogen) atoms. The smallest absolute Gasteiger partial charge is 0.165 e. The highest BCUT2D eigenvalue weighted by molar-refractivity contribution is 8.00. The van der Waals surface area contributed by atoms with Crippen molar-refractivity contribution >= 4 is 33.3 Å². The van der Waals surface area contributed by atoms with Crippen molar-refractivity contribution in [2.24, 2.45) is 0 Å². The summed E-state index contributed by atoms with van der Waals surface area (Å²) in [6.45, 7) is 2.61. The van der Waals surface area contributed by atoms with Crippen molar-refractivity contribution in [1.29, 1.82) is 0 Å². The number of methoxy groups -OCH3 is 1. The molecule has 0 fully saturated rings. The number of halogens is 1. The Morgan fingerprint density at radius 2 is 2.09 bits per heavy atom. The van der Waals surface area contributed by atoms with Crippen molar-refractivity contribution in [1.82, 2.24) is 4.98 Å². The molecule has 1 aromatic heterocycles. The Morgan fingerprint density at radius 1 is 1.22 bits per heavy atom. The zero-order valence-corrected chi connectivity index (χ0v) is 14.5. The highest BCUT2D eigenvalue weighted by Crippen LogP contribution is 2.33. The fourth-order valence-electron chi connectivity index (χ4n) is 2.15. The topological polar surface area (TPSA) is 31.4 Å². The summed E-state index contributed by atoms with van der Waals surface area (Å²) in [6.07, 6.45) is 0. The standard InChI is InChI=1S/C17H16FNO2S2/c1-3-21-12-5-6-14-16(9-12)23-17(19-14)22-10-11-4-7-15(20-2)13(18)8-11/h4-9H,3,10H2,1-2H3. The molecular formula is C17H16FNO2S2. The van der Waals surface area contributed by atoms with Gasteiger partial charge in [0, 0.05) is 5.75 Å². The molecule has 6 heteroatoms. The molecule has 0 bridgehead atoms. The third-order valence-corrected chi connectivity index (χ3v) is 5.46.